The van der Waals surface area contributed by atoms with Crippen molar-refractivity contribution in [3.63, 3.8) is 0 Å². The van der Waals surface area contributed by atoms with Gasteiger partial charge in [-0.1, -0.05) is 48.0 Å². The van der Waals surface area contributed by atoms with Crippen molar-refractivity contribution in [2.75, 3.05) is 6.61 Å². The second-order valence-electron chi connectivity index (χ2n) is 7.76. The zero-order chi connectivity index (χ0) is 22.6. The Morgan fingerprint density at radius 3 is 2.87 bits per heavy atom. The maximum absolute atomic E-state index is 12.2. The lowest BCUT2D eigenvalue weighted by molar-refractivity contribution is -0.147. The number of halogens is 1. The van der Waals surface area contributed by atoms with Crippen LogP contribution in [0.25, 0.3) is 0 Å². The minimum atomic E-state index is -0.794. The van der Waals surface area contributed by atoms with Crippen LogP contribution >= 0.6 is 11.6 Å². The molecule has 6 heteroatoms. The third kappa shape index (κ3) is 9.53. The Morgan fingerprint density at radius 1 is 1.32 bits per heavy atom. The van der Waals surface area contributed by atoms with E-state index in [1.54, 1.807) is 36.4 Å². The van der Waals surface area contributed by atoms with Crippen molar-refractivity contribution in [2.45, 2.75) is 58.2 Å². The van der Waals surface area contributed by atoms with E-state index < -0.39 is 6.10 Å². The maximum Gasteiger partial charge on any atom is 0.306 e. The van der Waals surface area contributed by atoms with Crippen LogP contribution in [0.3, 0.4) is 0 Å². The molecule has 0 saturated carbocycles. The number of unbranched alkanes of at least 4 members (excludes halogenated alkanes) is 1. The number of allylic oxidation sites excluding steroid dienone is 5. The molecule has 5 nitrogen and oxygen atoms in total. The van der Waals surface area contributed by atoms with Gasteiger partial charge in [0.2, 0.25) is 0 Å². The molecule has 0 heterocycles. The summed E-state index contributed by atoms with van der Waals surface area (Å²) in [5, 5.41) is 10.7. The summed E-state index contributed by atoms with van der Waals surface area (Å²) in [6.07, 6.45) is 11.4. The average molecular weight is 447 g/mol. The lowest BCUT2D eigenvalue weighted by atomic mass is 9.95. The van der Waals surface area contributed by atoms with E-state index in [0.29, 0.717) is 30.0 Å². The van der Waals surface area contributed by atoms with Gasteiger partial charge in [-0.2, -0.15) is 0 Å². The minimum Gasteiger partial charge on any atom is -0.491 e. The van der Waals surface area contributed by atoms with E-state index >= 15 is 0 Å². The van der Waals surface area contributed by atoms with Crippen LogP contribution in [0.1, 0.15) is 46.0 Å². The van der Waals surface area contributed by atoms with Crippen molar-refractivity contribution < 1.29 is 24.2 Å². The van der Waals surface area contributed by atoms with Gasteiger partial charge in [0.05, 0.1) is 6.10 Å². The largest absolute Gasteiger partial charge is 0.491 e. The van der Waals surface area contributed by atoms with Gasteiger partial charge < -0.3 is 14.6 Å². The Morgan fingerprint density at radius 2 is 2.13 bits per heavy atom. The minimum absolute atomic E-state index is 0.0865. The highest BCUT2D eigenvalue weighted by Gasteiger charge is 2.24. The molecule has 0 spiro atoms. The first-order chi connectivity index (χ1) is 14.8. The van der Waals surface area contributed by atoms with E-state index in [1.165, 1.54) is 0 Å². The molecular weight excluding hydrogens is 416 g/mol. The lowest BCUT2D eigenvalue weighted by Gasteiger charge is -2.11. The average Bonchev–Trinajstić information content (AvgIpc) is 3.06. The molecule has 0 radical (unpaired) electrons. The van der Waals surface area contributed by atoms with Crippen LogP contribution in [0.2, 0.25) is 5.02 Å². The number of ketones is 1. The van der Waals surface area contributed by atoms with E-state index in [9.17, 15) is 14.7 Å². The molecule has 0 unspecified atom stereocenters. The van der Waals surface area contributed by atoms with Gasteiger partial charge in [0.15, 0.2) is 0 Å². The van der Waals surface area contributed by atoms with E-state index in [2.05, 4.69) is 0 Å². The Kier molecular flexibility index (Phi) is 10.5. The molecule has 0 saturated heterocycles. The number of aliphatic hydroxyl groups excluding tert-OH is 1. The van der Waals surface area contributed by atoms with Crippen molar-refractivity contribution in [2.24, 2.45) is 5.92 Å². The number of aliphatic hydroxyl groups is 1. The first kappa shape index (κ1) is 24.9. The third-order valence-electron chi connectivity index (χ3n) is 4.71. The summed E-state index contributed by atoms with van der Waals surface area (Å²) in [6.45, 7) is 3.77. The Bertz CT molecular complexity index is 825. The zero-order valence-corrected chi connectivity index (χ0v) is 18.9. The molecule has 1 aliphatic carbocycles. The predicted octanol–water partition coefficient (Wildman–Crippen LogP) is 5.22. The summed E-state index contributed by atoms with van der Waals surface area (Å²) in [5.41, 5.74) is 0.914. The summed E-state index contributed by atoms with van der Waals surface area (Å²) in [4.78, 5) is 23.7. The first-order valence-corrected chi connectivity index (χ1v) is 11.0. The molecule has 168 valence electrons. The number of carbonyl (C=O) groups excluding carboxylic acids is 2. The molecular formula is C25H31ClO5. The summed E-state index contributed by atoms with van der Waals surface area (Å²) in [7, 11) is 0. The molecule has 0 aromatic heterocycles. The van der Waals surface area contributed by atoms with Crippen molar-refractivity contribution in [1.29, 1.82) is 0 Å². The molecule has 0 fully saturated rings. The highest BCUT2D eigenvalue weighted by molar-refractivity contribution is 6.30. The van der Waals surface area contributed by atoms with Crippen LogP contribution in [0.15, 0.2) is 60.2 Å². The van der Waals surface area contributed by atoms with Crippen LogP contribution in [-0.4, -0.2) is 35.7 Å². The summed E-state index contributed by atoms with van der Waals surface area (Å²) in [6, 6.07) is 7.00. The smallest absolute Gasteiger partial charge is 0.306 e. The van der Waals surface area contributed by atoms with Gasteiger partial charge in [-0.3, -0.25) is 9.59 Å². The number of ether oxygens (including phenoxy) is 2. The van der Waals surface area contributed by atoms with Crippen LogP contribution in [0.4, 0.5) is 0 Å². The first-order valence-electron chi connectivity index (χ1n) is 10.7. The van der Waals surface area contributed by atoms with Crippen LogP contribution < -0.4 is 4.74 Å². The number of esters is 1. The Hall–Kier alpha value is -2.37. The number of carbonyl (C=O) groups is 2. The highest BCUT2D eigenvalue weighted by Crippen LogP contribution is 2.27. The topological polar surface area (TPSA) is 72.8 Å². The summed E-state index contributed by atoms with van der Waals surface area (Å²) >= 11 is 5.92. The van der Waals surface area contributed by atoms with Gasteiger partial charge in [-0.15, -0.1) is 0 Å². The van der Waals surface area contributed by atoms with E-state index in [4.69, 9.17) is 21.1 Å². The molecule has 0 bridgehead atoms. The van der Waals surface area contributed by atoms with Gasteiger partial charge in [-0.05, 0) is 56.9 Å². The maximum atomic E-state index is 12.2. The van der Waals surface area contributed by atoms with E-state index in [-0.39, 0.29) is 30.4 Å². The third-order valence-corrected chi connectivity index (χ3v) is 4.95. The molecule has 2 rings (SSSR count). The van der Waals surface area contributed by atoms with Crippen LogP contribution in [0.5, 0.6) is 5.75 Å². The molecule has 0 amide bonds. The van der Waals surface area contributed by atoms with Crippen LogP contribution in [-0.2, 0) is 14.3 Å². The molecule has 0 aliphatic heterocycles. The van der Waals surface area contributed by atoms with Crippen molar-refractivity contribution >= 4 is 23.4 Å². The summed E-state index contributed by atoms with van der Waals surface area (Å²) in [5.74, 6) is 0.396. The molecule has 2 atom stereocenters. The normalized spacial score (nSPS) is 17.5. The Balaban J connectivity index is 1.74. The van der Waals surface area contributed by atoms with Crippen LogP contribution in [0, 0.1) is 5.92 Å². The zero-order valence-electron chi connectivity index (χ0n) is 18.1. The second kappa shape index (κ2) is 13.1. The van der Waals surface area contributed by atoms with E-state index in [0.717, 1.165) is 18.4 Å². The summed E-state index contributed by atoms with van der Waals surface area (Å²) < 4.78 is 10.6. The van der Waals surface area contributed by atoms with Crippen molar-refractivity contribution in [1.82, 2.24) is 0 Å². The van der Waals surface area contributed by atoms with Gasteiger partial charge in [0, 0.05) is 23.8 Å². The SMILES string of the molecule is CC(C)OC(=O)CCC/C=C\C[C@H]1C(=O)CC=C1/C=C/[C@@H](O)COc1cccc(Cl)c1. The van der Waals surface area contributed by atoms with Gasteiger partial charge >= 0.3 is 5.97 Å². The second-order valence-corrected chi connectivity index (χ2v) is 8.20. The number of benzene rings is 1. The van der Waals surface area contributed by atoms with Gasteiger partial charge in [0.1, 0.15) is 24.2 Å². The van der Waals surface area contributed by atoms with E-state index in [1.807, 2.05) is 32.1 Å². The van der Waals surface area contributed by atoms with Gasteiger partial charge in [-0.25, -0.2) is 0 Å². The fraction of sp³-hybridized carbons (Fsp3) is 0.440. The monoisotopic (exact) mass is 446 g/mol. The molecule has 1 aromatic rings. The molecule has 31 heavy (non-hydrogen) atoms. The number of hydrogen-bond acceptors (Lipinski definition) is 5. The lowest BCUT2D eigenvalue weighted by Crippen LogP contribution is -2.15. The quantitative estimate of drug-likeness (QED) is 0.271. The van der Waals surface area contributed by atoms with Crippen molar-refractivity contribution in [3.05, 3.63) is 65.2 Å². The molecule has 1 N–H and O–H groups in total. The molecule has 1 aromatic carbocycles. The fourth-order valence-electron chi connectivity index (χ4n) is 3.19. The highest BCUT2D eigenvalue weighted by atomic mass is 35.5. The van der Waals surface area contributed by atoms with Gasteiger partial charge in [0.25, 0.3) is 0 Å². The molecule has 1 aliphatic rings. The van der Waals surface area contributed by atoms with Crippen molar-refractivity contribution in [3.8, 4) is 5.75 Å². The number of hydrogen-bond donors (Lipinski definition) is 1. The number of rotatable bonds is 12. The standard InChI is InChI=1S/C25H31ClO5/c1-18(2)31-25(29)11-6-4-3-5-10-23-19(13-15-24(23)28)12-14-21(27)17-30-22-9-7-8-20(26)16-22/h3,5,7-9,12-14,16,18,21,23,27H,4,6,10-11,15,17H2,1-2H3/b5-3-,14-12+/t21-,23-/m1/s1. The fourth-order valence-corrected chi connectivity index (χ4v) is 3.37. The predicted molar refractivity (Wildman–Crippen MR) is 122 cm³/mol. The number of Topliss-reactive ketones (excluding diaryl/α,β-unsaturated/α-hetero) is 1. The Labute approximate surface area is 189 Å².